The van der Waals surface area contributed by atoms with Crippen molar-refractivity contribution in [1.82, 2.24) is 24.7 Å². The summed E-state index contributed by atoms with van der Waals surface area (Å²) in [6, 6.07) is 5.54. The number of nitrogens with one attached hydrogen (secondary N) is 1. The van der Waals surface area contributed by atoms with Crippen molar-refractivity contribution in [3.05, 3.63) is 39.4 Å². The van der Waals surface area contributed by atoms with Gasteiger partial charge in [-0.3, -0.25) is 19.4 Å². The van der Waals surface area contributed by atoms with Crippen molar-refractivity contribution < 1.29 is 4.79 Å². The van der Waals surface area contributed by atoms with E-state index < -0.39 is 0 Å². The highest BCUT2D eigenvalue weighted by atomic mass is 35.5. The van der Waals surface area contributed by atoms with Gasteiger partial charge in [0.15, 0.2) is 0 Å². The van der Waals surface area contributed by atoms with Gasteiger partial charge in [-0.1, -0.05) is 11.6 Å². The van der Waals surface area contributed by atoms with E-state index in [0.717, 1.165) is 45.6 Å². The smallest absolute Gasteiger partial charge is 0.258 e. The Kier molecular flexibility index (Phi) is 6.18. The highest BCUT2D eigenvalue weighted by Crippen LogP contribution is 2.17. The summed E-state index contributed by atoms with van der Waals surface area (Å²) in [5, 5.41) is 1.04. The van der Waals surface area contributed by atoms with Crippen molar-refractivity contribution in [2.45, 2.75) is 38.8 Å². The molecule has 1 atom stereocenters. The van der Waals surface area contributed by atoms with Gasteiger partial charge in [0, 0.05) is 43.8 Å². The van der Waals surface area contributed by atoms with Crippen LogP contribution in [0.2, 0.25) is 5.02 Å². The first-order valence-electron chi connectivity index (χ1n) is 10.4. The van der Waals surface area contributed by atoms with Crippen molar-refractivity contribution in [3.63, 3.8) is 0 Å². The van der Waals surface area contributed by atoms with Crippen molar-refractivity contribution in [2.75, 3.05) is 39.3 Å². The first-order valence-corrected chi connectivity index (χ1v) is 10.8. The summed E-state index contributed by atoms with van der Waals surface area (Å²) in [6.07, 6.45) is 3.46. The number of hydrogen-bond donors (Lipinski definition) is 1. The third-order valence-electron chi connectivity index (χ3n) is 6.04. The van der Waals surface area contributed by atoms with E-state index in [-0.39, 0.29) is 11.5 Å². The summed E-state index contributed by atoms with van der Waals surface area (Å²) in [4.78, 5) is 39.0. The van der Waals surface area contributed by atoms with E-state index >= 15 is 0 Å². The van der Waals surface area contributed by atoms with Crippen LogP contribution < -0.4 is 5.56 Å². The number of rotatable bonds is 4. The molecule has 29 heavy (non-hydrogen) atoms. The number of halogens is 1. The molecule has 1 amide bonds. The summed E-state index contributed by atoms with van der Waals surface area (Å²) < 4.78 is 0. The second-order valence-corrected chi connectivity index (χ2v) is 8.59. The maximum absolute atomic E-state index is 12.6. The molecule has 0 radical (unpaired) electrons. The number of nitrogens with zero attached hydrogens (tertiary/aromatic N) is 4. The molecule has 1 aromatic carbocycles. The lowest BCUT2D eigenvalue weighted by molar-refractivity contribution is -0.136. The Morgan fingerprint density at radius 1 is 1.17 bits per heavy atom. The number of piperidine rings is 1. The highest BCUT2D eigenvalue weighted by Gasteiger charge is 2.26. The summed E-state index contributed by atoms with van der Waals surface area (Å²) in [5.74, 6) is 0.918. The predicted octanol–water partition coefficient (Wildman–Crippen LogP) is 2.10. The van der Waals surface area contributed by atoms with Gasteiger partial charge in [-0.05, 0) is 44.4 Å². The van der Waals surface area contributed by atoms with Crippen LogP contribution in [0.4, 0.5) is 0 Å². The van der Waals surface area contributed by atoms with Crippen LogP contribution in [0, 0.1) is 0 Å². The minimum absolute atomic E-state index is 0.160. The van der Waals surface area contributed by atoms with Crippen LogP contribution in [-0.4, -0.2) is 75.9 Å². The number of piperazine rings is 1. The van der Waals surface area contributed by atoms with E-state index in [0.29, 0.717) is 40.9 Å². The second kappa shape index (κ2) is 8.81. The minimum atomic E-state index is -0.160. The fourth-order valence-electron chi connectivity index (χ4n) is 4.30. The number of benzene rings is 1. The molecule has 3 heterocycles. The lowest BCUT2D eigenvalue weighted by Crippen LogP contribution is -2.52. The molecule has 0 unspecified atom stereocenters. The summed E-state index contributed by atoms with van der Waals surface area (Å²) in [7, 11) is 0. The molecular formula is C21H28ClN5O2. The Labute approximate surface area is 175 Å². The molecule has 0 aliphatic carbocycles. The number of carbonyl (C=O) groups excluding carboxylic acids is 1. The molecule has 7 nitrogen and oxygen atoms in total. The fraction of sp³-hybridized carbons (Fsp3) is 0.571. The van der Waals surface area contributed by atoms with Crippen molar-refractivity contribution in [3.8, 4) is 0 Å². The summed E-state index contributed by atoms with van der Waals surface area (Å²) >= 11 is 5.97. The molecule has 0 bridgehead atoms. The van der Waals surface area contributed by atoms with Crippen LogP contribution in [0.15, 0.2) is 23.0 Å². The van der Waals surface area contributed by atoms with E-state index in [9.17, 15) is 9.59 Å². The van der Waals surface area contributed by atoms with Gasteiger partial charge in [-0.15, -0.1) is 0 Å². The van der Waals surface area contributed by atoms with Gasteiger partial charge in [0.2, 0.25) is 5.91 Å². The molecule has 2 aromatic rings. The molecule has 2 aliphatic heterocycles. The third-order valence-corrected chi connectivity index (χ3v) is 6.27. The molecule has 0 spiro atoms. The molecule has 2 fully saturated rings. The number of likely N-dealkylation sites (tertiary alicyclic amines) is 1. The van der Waals surface area contributed by atoms with Gasteiger partial charge < -0.3 is 9.88 Å². The molecule has 4 rings (SSSR count). The number of H-pyrrole nitrogens is 1. The van der Waals surface area contributed by atoms with Crippen molar-refractivity contribution in [2.24, 2.45) is 0 Å². The second-order valence-electron chi connectivity index (χ2n) is 8.16. The van der Waals surface area contributed by atoms with Crippen LogP contribution in [0.3, 0.4) is 0 Å². The van der Waals surface area contributed by atoms with Crippen molar-refractivity contribution >= 4 is 28.4 Å². The first-order chi connectivity index (χ1) is 14.0. The molecule has 0 saturated carbocycles. The predicted molar refractivity (Wildman–Crippen MR) is 114 cm³/mol. The molecule has 1 aromatic heterocycles. The lowest BCUT2D eigenvalue weighted by Gasteiger charge is -2.37. The number of aromatic amines is 1. The monoisotopic (exact) mass is 417 g/mol. The van der Waals surface area contributed by atoms with Crippen LogP contribution in [0.5, 0.6) is 0 Å². The van der Waals surface area contributed by atoms with Gasteiger partial charge in [0.25, 0.3) is 5.56 Å². The average Bonchev–Trinajstić information content (AvgIpc) is 2.70. The zero-order valence-electron chi connectivity index (χ0n) is 16.9. The maximum atomic E-state index is 12.6. The molecule has 1 N–H and O–H groups in total. The summed E-state index contributed by atoms with van der Waals surface area (Å²) in [5.41, 5.74) is 0.500. The fourth-order valence-corrected chi connectivity index (χ4v) is 4.47. The number of aromatic nitrogens is 2. The quantitative estimate of drug-likeness (QED) is 0.824. The van der Waals surface area contributed by atoms with Crippen LogP contribution in [-0.2, 0) is 11.3 Å². The van der Waals surface area contributed by atoms with Gasteiger partial charge in [0.1, 0.15) is 5.82 Å². The number of fused-ring (bicyclic) bond motifs is 1. The van der Waals surface area contributed by atoms with Gasteiger partial charge in [-0.2, -0.15) is 0 Å². The van der Waals surface area contributed by atoms with Crippen LogP contribution in [0.1, 0.15) is 32.0 Å². The normalized spacial score (nSPS) is 21.6. The first kappa shape index (κ1) is 20.3. The van der Waals surface area contributed by atoms with E-state index in [1.54, 1.807) is 18.2 Å². The zero-order chi connectivity index (χ0) is 20.4. The Hall–Kier alpha value is -1.96. The highest BCUT2D eigenvalue weighted by molar-refractivity contribution is 6.31. The number of hydrogen-bond acceptors (Lipinski definition) is 5. The van der Waals surface area contributed by atoms with E-state index in [4.69, 9.17) is 11.6 Å². The number of amides is 1. The molecule has 8 heteroatoms. The Morgan fingerprint density at radius 3 is 2.69 bits per heavy atom. The largest absolute Gasteiger partial charge is 0.339 e. The maximum Gasteiger partial charge on any atom is 0.258 e. The van der Waals surface area contributed by atoms with Crippen LogP contribution in [0.25, 0.3) is 10.9 Å². The SMILES string of the molecule is C[C@H]1CCCCN1C(=O)CN1CCN(Cc2nc3ccc(Cl)cc3c(=O)[nH]2)CC1. The van der Waals surface area contributed by atoms with Gasteiger partial charge in [-0.25, -0.2) is 4.98 Å². The topological polar surface area (TPSA) is 72.5 Å². The Bertz CT molecular complexity index is 938. The zero-order valence-corrected chi connectivity index (χ0v) is 17.6. The van der Waals surface area contributed by atoms with Crippen LogP contribution >= 0.6 is 11.6 Å². The third kappa shape index (κ3) is 4.79. The van der Waals surface area contributed by atoms with E-state index in [1.165, 1.54) is 6.42 Å². The van der Waals surface area contributed by atoms with Crippen molar-refractivity contribution in [1.29, 1.82) is 0 Å². The van der Waals surface area contributed by atoms with Gasteiger partial charge in [0.05, 0.1) is 24.0 Å². The number of carbonyl (C=O) groups is 1. The standard InChI is InChI=1S/C21H28ClN5O2/c1-15-4-2-3-7-27(15)20(28)14-26-10-8-25(9-11-26)13-19-23-18-6-5-16(22)12-17(18)21(29)24-19/h5-6,12,15H,2-4,7-11,13-14H2,1H3,(H,23,24,29)/t15-/m0/s1. The van der Waals surface area contributed by atoms with Gasteiger partial charge >= 0.3 is 0 Å². The molecular weight excluding hydrogens is 390 g/mol. The van der Waals surface area contributed by atoms with E-state index in [2.05, 4.69) is 26.7 Å². The summed E-state index contributed by atoms with van der Waals surface area (Å²) in [6.45, 7) is 7.55. The molecule has 2 saturated heterocycles. The molecule has 156 valence electrons. The Morgan fingerprint density at radius 2 is 1.93 bits per heavy atom. The lowest BCUT2D eigenvalue weighted by atomic mass is 10.0. The Balaban J connectivity index is 1.32. The van der Waals surface area contributed by atoms with E-state index in [1.807, 2.05) is 4.90 Å². The molecule has 2 aliphatic rings. The average molecular weight is 418 g/mol. The minimum Gasteiger partial charge on any atom is -0.339 e.